The molecule has 0 aromatic heterocycles. The van der Waals surface area contributed by atoms with Gasteiger partial charge in [0.15, 0.2) is 9.76 Å². The molecule has 90 valence electrons. The van der Waals surface area contributed by atoms with E-state index in [1.807, 2.05) is 19.9 Å². The van der Waals surface area contributed by atoms with Crippen LogP contribution in [0.3, 0.4) is 0 Å². The van der Waals surface area contributed by atoms with Gasteiger partial charge in [0.1, 0.15) is 5.82 Å². The second-order valence-corrected chi connectivity index (χ2v) is 4.58. The van der Waals surface area contributed by atoms with E-state index < -0.39 is 16.2 Å². The third-order valence-corrected chi connectivity index (χ3v) is 3.09. The van der Waals surface area contributed by atoms with Crippen LogP contribution < -0.4 is 5.19 Å². The van der Waals surface area contributed by atoms with Gasteiger partial charge < -0.3 is 13.9 Å². The van der Waals surface area contributed by atoms with E-state index in [2.05, 4.69) is 0 Å². The van der Waals surface area contributed by atoms with Crippen LogP contribution in [0.4, 0.5) is 4.39 Å². The molecule has 0 aliphatic rings. The molecule has 0 saturated carbocycles. The van der Waals surface area contributed by atoms with Crippen molar-refractivity contribution in [3.05, 3.63) is 30.1 Å². The molecule has 0 aliphatic heterocycles. The summed E-state index contributed by atoms with van der Waals surface area (Å²) < 4.78 is 28.8. The maximum absolute atomic E-state index is 12.9. The smallest absolute Gasteiger partial charge is 0.261 e. The summed E-state index contributed by atoms with van der Waals surface area (Å²) in [5.41, 5.74) is 0. The Hall–Kier alpha value is -0.753. The van der Waals surface area contributed by atoms with Crippen LogP contribution in [0.25, 0.3) is 0 Å². The highest BCUT2D eigenvalue weighted by Crippen LogP contribution is 1.97. The van der Waals surface area contributed by atoms with Crippen LogP contribution in [-0.4, -0.2) is 29.5 Å². The SMILES string of the molecule is CCOC(OCC)O[SiH2]c1cccc(F)c1. The van der Waals surface area contributed by atoms with Gasteiger partial charge in [0.25, 0.3) is 6.48 Å². The summed E-state index contributed by atoms with van der Waals surface area (Å²) in [5, 5.41) is 0.893. The Morgan fingerprint density at radius 2 is 1.94 bits per heavy atom. The second-order valence-electron chi connectivity index (χ2n) is 3.14. The lowest BCUT2D eigenvalue weighted by molar-refractivity contribution is -0.242. The molecule has 0 saturated heterocycles. The van der Waals surface area contributed by atoms with Crippen LogP contribution in [0.15, 0.2) is 24.3 Å². The van der Waals surface area contributed by atoms with Gasteiger partial charge in [-0.1, -0.05) is 12.1 Å². The number of rotatable bonds is 7. The molecule has 1 rings (SSSR count). The van der Waals surface area contributed by atoms with Gasteiger partial charge >= 0.3 is 0 Å². The minimum atomic E-state index is -1.01. The highest BCUT2D eigenvalue weighted by molar-refractivity contribution is 6.46. The molecule has 0 fully saturated rings. The normalized spacial score (nSPS) is 11.8. The Kier molecular flexibility index (Phi) is 6.25. The summed E-state index contributed by atoms with van der Waals surface area (Å²) in [5.74, 6) is -0.238. The Balaban J connectivity index is 2.41. The first-order chi connectivity index (χ1) is 7.76. The van der Waals surface area contributed by atoms with E-state index >= 15 is 0 Å². The zero-order valence-corrected chi connectivity index (χ0v) is 11.0. The van der Waals surface area contributed by atoms with Crippen molar-refractivity contribution < 1.29 is 18.3 Å². The van der Waals surface area contributed by atoms with E-state index in [0.29, 0.717) is 13.2 Å². The monoisotopic (exact) mass is 244 g/mol. The molecule has 0 aliphatic carbocycles. The molecule has 0 bridgehead atoms. The summed E-state index contributed by atoms with van der Waals surface area (Å²) in [6.45, 7) is 4.19. The van der Waals surface area contributed by atoms with Crippen molar-refractivity contribution in [1.82, 2.24) is 0 Å². The van der Waals surface area contributed by atoms with Crippen molar-refractivity contribution in [1.29, 1.82) is 0 Å². The lowest BCUT2D eigenvalue weighted by atomic mass is 10.3. The topological polar surface area (TPSA) is 27.7 Å². The summed E-state index contributed by atoms with van der Waals surface area (Å²) in [6.07, 6.45) is 0. The fraction of sp³-hybridized carbons (Fsp3) is 0.455. The molecule has 0 spiro atoms. The lowest BCUT2D eigenvalue weighted by Gasteiger charge is -2.17. The van der Waals surface area contributed by atoms with E-state index in [1.54, 1.807) is 6.07 Å². The van der Waals surface area contributed by atoms with Gasteiger partial charge in [-0.15, -0.1) is 0 Å². The van der Waals surface area contributed by atoms with Crippen LogP contribution in [-0.2, 0) is 13.9 Å². The van der Waals surface area contributed by atoms with Crippen LogP contribution in [0, 0.1) is 5.82 Å². The molecule has 0 amide bonds. The van der Waals surface area contributed by atoms with Crippen LogP contribution in [0.5, 0.6) is 0 Å². The highest BCUT2D eigenvalue weighted by Gasteiger charge is 2.08. The zero-order chi connectivity index (χ0) is 11.8. The fourth-order valence-electron chi connectivity index (χ4n) is 1.21. The fourth-order valence-corrected chi connectivity index (χ4v) is 2.24. The minimum absolute atomic E-state index is 0.238. The third-order valence-electron chi connectivity index (χ3n) is 1.88. The maximum atomic E-state index is 12.9. The van der Waals surface area contributed by atoms with Gasteiger partial charge in [-0.2, -0.15) is 0 Å². The Labute approximate surface area is 97.5 Å². The number of hydrogen-bond donors (Lipinski definition) is 0. The van der Waals surface area contributed by atoms with Gasteiger partial charge in [0.2, 0.25) is 0 Å². The van der Waals surface area contributed by atoms with Crippen molar-refractivity contribution in [2.24, 2.45) is 0 Å². The molecule has 0 heterocycles. The number of halogens is 1. The Morgan fingerprint density at radius 1 is 1.25 bits per heavy atom. The second kappa shape index (κ2) is 7.51. The minimum Gasteiger partial charge on any atom is -0.373 e. The molecule has 0 unspecified atom stereocenters. The molecule has 5 heteroatoms. The third kappa shape index (κ3) is 4.85. The Bertz CT molecular complexity index is 303. The number of benzene rings is 1. The average molecular weight is 244 g/mol. The van der Waals surface area contributed by atoms with E-state index in [1.165, 1.54) is 12.1 Å². The van der Waals surface area contributed by atoms with Gasteiger partial charge in [-0.25, -0.2) is 4.39 Å². The van der Waals surface area contributed by atoms with Gasteiger partial charge in [0.05, 0.1) is 0 Å². The molecule has 16 heavy (non-hydrogen) atoms. The van der Waals surface area contributed by atoms with Crippen LogP contribution in [0.1, 0.15) is 13.8 Å². The molecule has 3 nitrogen and oxygen atoms in total. The maximum Gasteiger partial charge on any atom is 0.261 e. The lowest BCUT2D eigenvalue weighted by Crippen LogP contribution is -2.28. The summed E-state index contributed by atoms with van der Waals surface area (Å²) in [6, 6.07) is 6.43. The standard InChI is InChI=1S/C11H17FO3Si/c1-3-13-11(14-4-2)15-16-10-7-5-6-9(12)8-10/h5-8,11H,3-4,16H2,1-2H3. The van der Waals surface area contributed by atoms with Crippen LogP contribution in [0.2, 0.25) is 0 Å². The largest absolute Gasteiger partial charge is 0.373 e. The molecular weight excluding hydrogens is 227 g/mol. The van der Waals surface area contributed by atoms with Gasteiger partial charge in [0, 0.05) is 13.2 Å². The molecule has 1 aromatic carbocycles. The quantitative estimate of drug-likeness (QED) is 0.527. The predicted octanol–water partition coefficient (Wildman–Crippen LogP) is 0.908. The van der Waals surface area contributed by atoms with E-state index in [-0.39, 0.29) is 5.82 Å². The summed E-state index contributed by atoms with van der Waals surface area (Å²) in [7, 11) is -1.01. The number of hydrogen-bond acceptors (Lipinski definition) is 3. The van der Waals surface area contributed by atoms with Gasteiger partial charge in [-0.3, -0.25) is 0 Å². The molecule has 0 radical (unpaired) electrons. The molecular formula is C11H17FO3Si. The van der Waals surface area contributed by atoms with Crippen molar-refractivity contribution >= 4 is 14.9 Å². The first kappa shape index (κ1) is 13.3. The highest BCUT2D eigenvalue weighted by atomic mass is 28.2. The van der Waals surface area contributed by atoms with Crippen molar-refractivity contribution in [3.8, 4) is 0 Å². The zero-order valence-electron chi connectivity index (χ0n) is 9.61. The van der Waals surface area contributed by atoms with Gasteiger partial charge in [-0.05, 0) is 31.2 Å². The van der Waals surface area contributed by atoms with E-state index in [9.17, 15) is 4.39 Å². The van der Waals surface area contributed by atoms with Crippen molar-refractivity contribution in [2.75, 3.05) is 13.2 Å². The van der Waals surface area contributed by atoms with E-state index in [4.69, 9.17) is 13.9 Å². The summed E-state index contributed by atoms with van der Waals surface area (Å²) in [4.78, 5) is 0. The van der Waals surface area contributed by atoms with E-state index in [0.717, 1.165) is 5.19 Å². The average Bonchev–Trinajstić information content (AvgIpc) is 2.27. The predicted molar refractivity (Wildman–Crippen MR) is 62.7 cm³/mol. The summed E-state index contributed by atoms with van der Waals surface area (Å²) >= 11 is 0. The van der Waals surface area contributed by atoms with Crippen molar-refractivity contribution in [2.45, 2.75) is 20.3 Å². The Morgan fingerprint density at radius 3 is 2.50 bits per heavy atom. The first-order valence-electron chi connectivity index (χ1n) is 5.35. The molecule has 1 aromatic rings. The van der Waals surface area contributed by atoms with Crippen LogP contribution >= 0.6 is 0 Å². The molecule has 0 atom stereocenters. The van der Waals surface area contributed by atoms with Crippen molar-refractivity contribution in [3.63, 3.8) is 0 Å². The number of ether oxygens (including phenoxy) is 2. The molecule has 0 N–H and O–H groups in total. The first-order valence-corrected chi connectivity index (χ1v) is 6.64.